The van der Waals surface area contributed by atoms with Crippen LogP contribution < -0.4 is 5.32 Å². The van der Waals surface area contributed by atoms with E-state index in [9.17, 15) is 4.79 Å². The van der Waals surface area contributed by atoms with Crippen molar-refractivity contribution in [1.29, 1.82) is 0 Å². The molecule has 2 rings (SSSR count). The lowest BCUT2D eigenvalue weighted by molar-refractivity contribution is -0.134. The molecule has 3 nitrogen and oxygen atoms in total. The molecule has 1 aliphatic heterocycles. The molecule has 1 aromatic rings. The highest BCUT2D eigenvalue weighted by molar-refractivity contribution is 7.09. The first-order valence-corrected chi connectivity index (χ1v) is 7.07. The summed E-state index contributed by atoms with van der Waals surface area (Å²) in [7, 11) is 1.89. The van der Waals surface area contributed by atoms with Gasteiger partial charge in [0.05, 0.1) is 12.6 Å². The lowest BCUT2D eigenvalue weighted by Crippen LogP contribution is -2.51. The Kier molecular flexibility index (Phi) is 4.18. The fourth-order valence-electron chi connectivity index (χ4n) is 2.33. The molecule has 4 heteroatoms. The molecule has 94 valence electrons. The zero-order valence-corrected chi connectivity index (χ0v) is 11.3. The third-order valence-electron chi connectivity index (χ3n) is 3.38. The van der Waals surface area contributed by atoms with Crippen LogP contribution in [0.3, 0.4) is 0 Å². The Morgan fingerprint density at radius 1 is 1.65 bits per heavy atom. The molecule has 17 heavy (non-hydrogen) atoms. The third-order valence-corrected chi connectivity index (χ3v) is 4.25. The zero-order chi connectivity index (χ0) is 12.3. The highest BCUT2D eigenvalue weighted by Gasteiger charge is 2.29. The summed E-state index contributed by atoms with van der Waals surface area (Å²) in [6.45, 7) is 3.85. The maximum atomic E-state index is 12.3. The van der Waals surface area contributed by atoms with Crippen molar-refractivity contribution < 1.29 is 4.79 Å². The Morgan fingerprint density at radius 2 is 2.47 bits per heavy atom. The Balaban J connectivity index is 1.94. The van der Waals surface area contributed by atoms with Gasteiger partial charge in [-0.2, -0.15) is 0 Å². The topological polar surface area (TPSA) is 32.3 Å². The van der Waals surface area contributed by atoms with Gasteiger partial charge in [0.25, 0.3) is 0 Å². The molecule has 2 atom stereocenters. The van der Waals surface area contributed by atoms with Gasteiger partial charge in [0.15, 0.2) is 0 Å². The van der Waals surface area contributed by atoms with Crippen LogP contribution in [0.25, 0.3) is 0 Å². The van der Waals surface area contributed by atoms with Gasteiger partial charge in [-0.15, -0.1) is 11.3 Å². The fourth-order valence-corrected chi connectivity index (χ4v) is 3.09. The molecule has 0 bridgehead atoms. The molecule has 2 unspecified atom stereocenters. The Morgan fingerprint density at radius 3 is 3.12 bits per heavy atom. The van der Waals surface area contributed by atoms with Crippen LogP contribution in [0.15, 0.2) is 17.5 Å². The first-order chi connectivity index (χ1) is 8.18. The summed E-state index contributed by atoms with van der Waals surface area (Å²) in [6, 6.07) is 4.11. The van der Waals surface area contributed by atoms with E-state index in [4.69, 9.17) is 0 Å². The number of likely N-dealkylation sites (N-methyl/N-ethyl adjacent to an activating group) is 1. The van der Waals surface area contributed by atoms with Gasteiger partial charge in [-0.1, -0.05) is 13.0 Å². The van der Waals surface area contributed by atoms with Crippen LogP contribution in [-0.2, 0) is 11.3 Å². The number of hydrogen-bond donors (Lipinski definition) is 1. The van der Waals surface area contributed by atoms with Crippen molar-refractivity contribution in [3.63, 3.8) is 0 Å². The number of piperidine rings is 1. The monoisotopic (exact) mass is 252 g/mol. The molecule has 0 aromatic carbocycles. The van der Waals surface area contributed by atoms with Gasteiger partial charge >= 0.3 is 0 Å². The maximum Gasteiger partial charge on any atom is 0.240 e. The molecule has 0 aliphatic carbocycles. The summed E-state index contributed by atoms with van der Waals surface area (Å²) in [5, 5.41) is 5.39. The molecule has 1 amide bonds. The second kappa shape index (κ2) is 5.65. The number of thiophene rings is 1. The smallest absolute Gasteiger partial charge is 0.240 e. The van der Waals surface area contributed by atoms with E-state index in [0.29, 0.717) is 5.92 Å². The Hall–Kier alpha value is -0.870. The average Bonchev–Trinajstić information content (AvgIpc) is 2.81. The number of nitrogens with one attached hydrogen (secondary N) is 1. The minimum Gasteiger partial charge on any atom is -0.339 e. The van der Waals surface area contributed by atoms with E-state index in [0.717, 1.165) is 19.5 Å². The number of carbonyl (C=O) groups excluding carboxylic acids is 1. The quantitative estimate of drug-likeness (QED) is 0.893. The third kappa shape index (κ3) is 3.07. The van der Waals surface area contributed by atoms with Gasteiger partial charge in [-0.3, -0.25) is 4.79 Å². The van der Waals surface area contributed by atoms with E-state index in [1.165, 1.54) is 11.3 Å². The maximum absolute atomic E-state index is 12.3. The van der Waals surface area contributed by atoms with Crippen molar-refractivity contribution >= 4 is 17.2 Å². The molecule has 1 aliphatic rings. The minimum atomic E-state index is 0.00807. The second-order valence-corrected chi connectivity index (χ2v) is 5.86. The average molecular weight is 252 g/mol. The molecule has 0 spiro atoms. The van der Waals surface area contributed by atoms with Crippen LogP contribution in [-0.4, -0.2) is 30.4 Å². The molecule has 0 radical (unpaired) electrons. The highest BCUT2D eigenvalue weighted by atomic mass is 32.1. The van der Waals surface area contributed by atoms with E-state index in [2.05, 4.69) is 23.7 Å². The van der Waals surface area contributed by atoms with Crippen LogP contribution in [0.5, 0.6) is 0 Å². The molecule has 1 fully saturated rings. The van der Waals surface area contributed by atoms with E-state index < -0.39 is 0 Å². The van der Waals surface area contributed by atoms with E-state index >= 15 is 0 Å². The Labute approximate surface area is 107 Å². The summed E-state index contributed by atoms with van der Waals surface area (Å²) in [5.41, 5.74) is 0. The van der Waals surface area contributed by atoms with Crippen LogP contribution >= 0.6 is 11.3 Å². The van der Waals surface area contributed by atoms with Gasteiger partial charge in [0.2, 0.25) is 5.91 Å². The van der Waals surface area contributed by atoms with Crippen LogP contribution in [0.2, 0.25) is 0 Å². The lowest BCUT2D eigenvalue weighted by atomic mass is 9.92. The predicted molar refractivity (Wildman–Crippen MR) is 71.0 cm³/mol. The number of carbonyl (C=O) groups is 1. The standard InChI is InChI=1S/C13H20N2OS/c1-10-5-3-7-14-12(10)13(16)15(2)9-11-6-4-8-17-11/h4,6,8,10,12,14H,3,5,7,9H2,1-2H3. The first-order valence-electron chi connectivity index (χ1n) is 6.19. The van der Waals surface area contributed by atoms with Crippen LogP contribution in [0.1, 0.15) is 24.6 Å². The summed E-state index contributed by atoms with van der Waals surface area (Å²) in [4.78, 5) is 15.4. The fraction of sp³-hybridized carbons (Fsp3) is 0.615. The first kappa shape index (κ1) is 12.6. The Bertz CT molecular complexity index is 364. The highest BCUT2D eigenvalue weighted by Crippen LogP contribution is 2.18. The van der Waals surface area contributed by atoms with Crippen LogP contribution in [0.4, 0.5) is 0 Å². The molecular formula is C13H20N2OS. The summed E-state index contributed by atoms with van der Waals surface area (Å²) >= 11 is 1.70. The summed E-state index contributed by atoms with van der Waals surface area (Å²) in [6.07, 6.45) is 2.33. The van der Waals surface area contributed by atoms with Crippen molar-refractivity contribution in [2.24, 2.45) is 5.92 Å². The molecule has 1 N–H and O–H groups in total. The lowest BCUT2D eigenvalue weighted by Gasteiger charge is -2.32. The van der Waals surface area contributed by atoms with Crippen molar-refractivity contribution in [3.05, 3.63) is 22.4 Å². The summed E-state index contributed by atoms with van der Waals surface area (Å²) < 4.78 is 0. The number of rotatable bonds is 3. The number of nitrogens with zero attached hydrogens (tertiary/aromatic N) is 1. The molecular weight excluding hydrogens is 232 g/mol. The summed E-state index contributed by atoms with van der Waals surface area (Å²) in [5.74, 6) is 0.674. The minimum absolute atomic E-state index is 0.00807. The van der Waals surface area contributed by atoms with E-state index in [-0.39, 0.29) is 11.9 Å². The van der Waals surface area contributed by atoms with Gasteiger partial charge in [-0.05, 0) is 36.8 Å². The molecule has 1 aromatic heterocycles. The van der Waals surface area contributed by atoms with Crippen molar-refractivity contribution in [2.45, 2.75) is 32.4 Å². The van der Waals surface area contributed by atoms with Gasteiger partial charge in [0.1, 0.15) is 0 Å². The zero-order valence-electron chi connectivity index (χ0n) is 10.5. The predicted octanol–water partition coefficient (Wildman–Crippen LogP) is 2.09. The number of hydrogen-bond acceptors (Lipinski definition) is 3. The van der Waals surface area contributed by atoms with Crippen molar-refractivity contribution in [3.8, 4) is 0 Å². The SMILES string of the molecule is CC1CCCNC1C(=O)N(C)Cc1cccs1. The van der Waals surface area contributed by atoms with Gasteiger partial charge in [-0.25, -0.2) is 0 Å². The van der Waals surface area contributed by atoms with E-state index in [1.807, 2.05) is 18.0 Å². The molecule has 0 saturated carbocycles. The largest absolute Gasteiger partial charge is 0.339 e. The normalized spacial score (nSPS) is 24.6. The van der Waals surface area contributed by atoms with Crippen molar-refractivity contribution in [2.75, 3.05) is 13.6 Å². The van der Waals surface area contributed by atoms with E-state index in [1.54, 1.807) is 11.3 Å². The van der Waals surface area contributed by atoms with Crippen LogP contribution in [0, 0.1) is 5.92 Å². The number of amides is 1. The second-order valence-electron chi connectivity index (χ2n) is 4.82. The van der Waals surface area contributed by atoms with Crippen molar-refractivity contribution in [1.82, 2.24) is 10.2 Å². The van der Waals surface area contributed by atoms with Gasteiger partial charge in [0, 0.05) is 11.9 Å². The molecule has 1 saturated heterocycles. The van der Waals surface area contributed by atoms with Gasteiger partial charge < -0.3 is 10.2 Å². The molecule has 2 heterocycles.